The first kappa shape index (κ1) is 11.9. The Balaban J connectivity index is 0.000000531. The summed E-state index contributed by atoms with van der Waals surface area (Å²) >= 11 is 0. The molecule has 0 aromatic carbocycles. The van der Waals surface area contributed by atoms with E-state index in [9.17, 15) is 0 Å². The van der Waals surface area contributed by atoms with Crippen molar-refractivity contribution in [2.45, 2.75) is 20.8 Å². The van der Waals surface area contributed by atoms with Crippen LogP contribution in [-0.4, -0.2) is 29.7 Å². The number of hydrogen-bond donors (Lipinski definition) is 1. The predicted octanol–water partition coefficient (Wildman–Crippen LogP) is 1.87. The summed E-state index contributed by atoms with van der Waals surface area (Å²) in [5.41, 5.74) is 0.988. The maximum absolute atomic E-state index is 5.07. The number of aryl methyl sites for hydroxylation is 1. The van der Waals surface area contributed by atoms with E-state index in [0.29, 0.717) is 5.92 Å². The molecule has 1 aliphatic rings. The van der Waals surface area contributed by atoms with Gasteiger partial charge >= 0.3 is 0 Å². The minimum atomic E-state index is 0.648. The number of anilines is 1. The Morgan fingerprint density at radius 1 is 1.40 bits per heavy atom. The van der Waals surface area contributed by atoms with E-state index < -0.39 is 0 Å². The minimum Gasteiger partial charge on any atom is -0.381 e. The van der Waals surface area contributed by atoms with Gasteiger partial charge < -0.3 is 10.1 Å². The Morgan fingerprint density at radius 2 is 2.13 bits per heavy atom. The lowest BCUT2D eigenvalue weighted by molar-refractivity contribution is -0.0248. The van der Waals surface area contributed by atoms with Gasteiger partial charge in [-0.05, 0) is 6.92 Å². The molecule has 1 fully saturated rings. The summed E-state index contributed by atoms with van der Waals surface area (Å²) in [6.07, 6.45) is 1.58. The summed E-state index contributed by atoms with van der Waals surface area (Å²) < 4.78 is 5.07. The average Bonchev–Trinajstić information content (AvgIpc) is 2.19. The second kappa shape index (κ2) is 6.35. The summed E-state index contributed by atoms with van der Waals surface area (Å²) in [6, 6.07) is 1.94. The molecular formula is C11H19N3O. The highest BCUT2D eigenvalue weighted by atomic mass is 16.5. The van der Waals surface area contributed by atoms with E-state index in [0.717, 1.165) is 31.3 Å². The van der Waals surface area contributed by atoms with Crippen molar-refractivity contribution in [1.29, 1.82) is 0 Å². The zero-order valence-electron chi connectivity index (χ0n) is 9.66. The lowest BCUT2D eigenvalue weighted by Gasteiger charge is -2.26. The molecule has 0 saturated carbocycles. The Hall–Kier alpha value is -1.16. The van der Waals surface area contributed by atoms with Crippen LogP contribution in [0.2, 0.25) is 0 Å². The molecule has 2 heterocycles. The molecule has 4 nitrogen and oxygen atoms in total. The van der Waals surface area contributed by atoms with Gasteiger partial charge in [0.1, 0.15) is 12.1 Å². The van der Waals surface area contributed by atoms with Crippen LogP contribution in [0.1, 0.15) is 19.5 Å². The van der Waals surface area contributed by atoms with E-state index in [1.165, 1.54) is 0 Å². The molecule has 0 unspecified atom stereocenters. The van der Waals surface area contributed by atoms with Gasteiger partial charge in [0.2, 0.25) is 0 Å². The smallest absolute Gasteiger partial charge is 0.129 e. The zero-order chi connectivity index (χ0) is 11.1. The van der Waals surface area contributed by atoms with Gasteiger partial charge in [-0.3, -0.25) is 0 Å². The molecule has 0 radical (unpaired) electrons. The van der Waals surface area contributed by atoms with E-state index in [1.807, 2.05) is 26.8 Å². The molecule has 1 aliphatic heterocycles. The van der Waals surface area contributed by atoms with E-state index in [1.54, 1.807) is 6.33 Å². The fraction of sp³-hybridized carbons (Fsp3) is 0.636. The van der Waals surface area contributed by atoms with Crippen LogP contribution < -0.4 is 5.32 Å². The van der Waals surface area contributed by atoms with Gasteiger partial charge in [0, 0.05) is 24.2 Å². The molecule has 2 rings (SSSR count). The van der Waals surface area contributed by atoms with Crippen LogP contribution in [0.3, 0.4) is 0 Å². The van der Waals surface area contributed by atoms with Gasteiger partial charge in [-0.1, -0.05) is 13.8 Å². The van der Waals surface area contributed by atoms with Crippen LogP contribution in [0, 0.1) is 12.8 Å². The highest BCUT2D eigenvalue weighted by Crippen LogP contribution is 2.11. The molecule has 0 aliphatic carbocycles. The Kier molecular flexibility index (Phi) is 5.04. The van der Waals surface area contributed by atoms with Crippen LogP contribution in [0.15, 0.2) is 12.4 Å². The molecule has 0 spiro atoms. The van der Waals surface area contributed by atoms with Crippen molar-refractivity contribution in [3.8, 4) is 0 Å². The first-order valence-corrected chi connectivity index (χ1v) is 5.45. The van der Waals surface area contributed by atoms with Crippen molar-refractivity contribution in [3.63, 3.8) is 0 Å². The molecular weight excluding hydrogens is 190 g/mol. The second-order valence-electron chi connectivity index (χ2n) is 3.33. The third kappa shape index (κ3) is 3.83. The topological polar surface area (TPSA) is 47.0 Å². The Bertz CT molecular complexity index is 287. The van der Waals surface area contributed by atoms with Gasteiger partial charge in [-0.25, -0.2) is 9.97 Å². The van der Waals surface area contributed by atoms with Crippen molar-refractivity contribution >= 4 is 5.82 Å². The molecule has 1 aromatic rings. The summed E-state index contributed by atoms with van der Waals surface area (Å²) in [5.74, 6) is 1.55. The van der Waals surface area contributed by atoms with E-state index in [-0.39, 0.29) is 0 Å². The number of rotatable bonds is 3. The fourth-order valence-corrected chi connectivity index (χ4v) is 1.20. The monoisotopic (exact) mass is 209 g/mol. The van der Waals surface area contributed by atoms with Crippen LogP contribution in [0.4, 0.5) is 5.82 Å². The fourth-order valence-electron chi connectivity index (χ4n) is 1.20. The number of nitrogens with one attached hydrogen (secondary N) is 1. The SMILES string of the molecule is CC.Cc1cc(NCC2COC2)ncn1. The van der Waals surface area contributed by atoms with Gasteiger partial charge in [-0.2, -0.15) is 0 Å². The average molecular weight is 209 g/mol. The van der Waals surface area contributed by atoms with Crippen molar-refractivity contribution in [2.75, 3.05) is 25.1 Å². The number of hydrogen-bond acceptors (Lipinski definition) is 4. The third-order valence-electron chi connectivity index (χ3n) is 2.08. The molecule has 1 N–H and O–H groups in total. The maximum Gasteiger partial charge on any atom is 0.129 e. The quantitative estimate of drug-likeness (QED) is 0.825. The molecule has 1 aromatic heterocycles. The summed E-state index contributed by atoms with van der Waals surface area (Å²) in [5, 5.41) is 3.26. The highest BCUT2D eigenvalue weighted by Gasteiger charge is 2.17. The van der Waals surface area contributed by atoms with Crippen LogP contribution in [-0.2, 0) is 4.74 Å². The van der Waals surface area contributed by atoms with Crippen molar-refractivity contribution in [3.05, 3.63) is 18.1 Å². The molecule has 4 heteroatoms. The molecule has 0 bridgehead atoms. The van der Waals surface area contributed by atoms with Gasteiger partial charge in [0.05, 0.1) is 13.2 Å². The van der Waals surface area contributed by atoms with Gasteiger partial charge in [0.25, 0.3) is 0 Å². The van der Waals surface area contributed by atoms with Crippen molar-refractivity contribution in [2.24, 2.45) is 5.92 Å². The number of ether oxygens (including phenoxy) is 1. The maximum atomic E-state index is 5.07. The van der Waals surface area contributed by atoms with Crippen LogP contribution in [0.25, 0.3) is 0 Å². The van der Waals surface area contributed by atoms with E-state index >= 15 is 0 Å². The predicted molar refractivity (Wildman–Crippen MR) is 60.9 cm³/mol. The van der Waals surface area contributed by atoms with Crippen LogP contribution >= 0.6 is 0 Å². The molecule has 0 amide bonds. The van der Waals surface area contributed by atoms with Gasteiger partial charge in [0.15, 0.2) is 0 Å². The molecule has 84 valence electrons. The Morgan fingerprint density at radius 3 is 2.67 bits per heavy atom. The van der Waals surface area contributed by atoms with E-state index in [2.05, 4.69) is 15.3 Å². The van der Waals surface area contributed by atoms with E-state index in [4.69, 9.17) is 4.74 Å². The zero-order valence-corrected chi connectivity index (χ0v) is 9.66. The molecule has 15 heavy (non-hydrogen) atoms. The third-order valence-corrected chi connectivity index (χ3v) is 2.08. The number of nitrogens with zero attached hydrogens (tertiary/aromatic N) is 2. The molecule has 0 atom stereocenters. The van der Waals surface area contributed by atoms with Crippen molar-refractivity contribution in [1.82, 2.24) is 9.97 Å². The lowest BCUT2D eigenvalue weighted by atomic mass is 10.1. The molecule has 1 saturated heterocycles. The summed E-state index contributed by atoms with van der Waals surface area (Å²) in [6.45, 7) is 8.64. The highest BCUT2D eigenvalue weighted by molar-refractivity contribution is 5.34. The van der Waals surface area contributed by atoms with Crippen LogP contribution in [0.5, 0.6) is 0 Å². The first-order chi connectivity index (χ1) is 7.34. The summed E-state index contributed by atoms with van der Waals surface area (Å²) in [4.78, 5) is 8.13. The largest absolute Gasteiger partial charge is 0.381 e. The normalized spacial score (nSPS) is 14.9. The first-order valence-electron chi connectivity index (χ1n) is 5.45. The lowest BCUT2D eigenvalue weighted by Crippen LogP contribution is -2.33. The Labute approximate surface area is 91.1 Å². The van der Waals surface area contributed by atoms with Gasteiger partial charge in [-0.15, -0.1) is 0 Å². The number of aromatic nitrogens is 2. The minimum absolute atomic E-state index is 0.648. The van der Waals surface area contributed by atoms with Crippen molar-refractivity contribution < 1.29 is 4.74 Å². The standard InChI is InChI=1S/C9H13N3O.C2H6/c1-7-2-9(12-6-11-7)10-3-8-4-13-5-8;1-2/h2,6,8H,3-5H2,1H3,(H,10,11,12);1-2H3. The second-order valence-corrected chi connectivity index (χ2v) is 3.33. The summed E-state index contributed by atoms with van der Waals surface area (Å²) in [7, 11) is 0.